The van der Waals surface area contributed by atoms with Gasteiger partial charge in [-0.15, -0.1) is 0 Å². The van der Waals surface area contributed by atoms with Crippen molar-refractivity contribution in [1.29, 1.82) is 0 Å². The molecule has 6 heteroatoms. The van der Waals surface area contributed by atoms with Gasteiger partial charge in [0.15, 0.2) is 0 Å². The molecule has 0 spiro atoms. The van der Waals surface area contributed by atoms with Gasteiger partial charge in [0, 0.05) is 38.4 Å². The van der Waals surface area contributed by atoms with E-state index in [0.29, 0.717) is 19.6 Å². The molecule has 0 saturated carbocycles. The van der Waals surface area contributed by atoms with Crippen LogP contribution in [0.25, 0.3) is 0 Å². The van der Waals surface area contributed by atoms with Gasteiger partial charge in [0.1, 0.15) is 11.6 Å². The highest BCUT2D eigenvalue weighted by Crippen LogP contribution is 2.26. The van der Waals surface area contributed by atoms with Crippen molar-refractivity contribution in [3.63, 3.8) is 0 Å². The summed E-state index contributed by atoms with van der Waals surface area (Å²) in [5, 5.41) is 0. The molecule has 2 aliphatic rings. The van der Waals surface area contributed by atoms with Crippen LogP contribution in [-0.2, 0) is 9.53 Å². The van der Waals surface area contributed by atoms with Crippen LogP contribution < -0.4 is 4.90 Å². The maximum Gasteiger partial charge on any atom is 0.410 e. The van der Waals surface area contributed by atoms with Gasteiger partial charge in [0.2, 0.25) is 5.91 Å². The molecule has 0 radical (unpaired) electrons. The predicted octanol–water partition coefficient (Wildman–Crippen LogP) is 3.35. The first-order valence-corrected chi connectivity index (χ1v) is 10.3. The lowest BCUT2D eigenvalue weighted by atomic mass is 10.1. The van der Waals surface area contributed by atoms with Crippen LogP contribution in [0.4, 0.5) is 10.5 Å². The molecule has 1 aromatic carbocycles. The lowest BCUT2D eigenvalue weighted by Crippen LogP contribution is -2.55. The topological polar surface area (TPSA) is 53.1 Å². The molecule has 0 unspecified atom stereocenters. The highest BCUT2D eigenvalue weighted by molar-refractivity contribution is 5.86. The van der Waals surface area contributed by atoms with E-state index in [2.05, 4.69) is 36.9 Å². The first-order valence-electron chi connectivity index (χ1n) is 10.3. The third-order valence-electron chi connectivity index (χ3n) is 5.67. The number of hydrogen-bond donors (Lipinski definition) is 0. The smallest absolute Gasteiger partial charge is 0.410 e. The number of benzene rings is 1. The molecule has 2 amide bonds. The van der Waals surface area contributed by atoms with Crippen LogP contribution in [0.15, 0.2) is 18.2 Å². The lowest BCUT2D eigenvalue weighted by Gasteiger charge is -2.39. The molecule has 2 aliphatic heterocycles. The largest absolute Gasteiger partial charge is 0.444 e. The van der Waals surface area contributed by atoms with Gasteiger partial charge in [-0.1, -0.05) is 12.1 Å². The molecule has 28 heavy (non-hydrogen) atoms. The summed E-state index contributed by atoms with van der Waals surface area (Å²) in [4.78, 5) is 31.5. The van der Waals surface area contributed by atoms with Crippen molar-refractivity contribution in [1.82, 2.24) is 9.80 Å². The molecule has 3 rings (SSSR count). The van der Waals surface area contributed by atoms with Crippen LogP contribution in [0.3, 0.4) is 0 Å². The number of rotatable bonds is 2. The minimum absolute atomic E-state index is 0.0592. The summed E-state index contributed by atoms with van der Waals surface area (Å²) in [5.74, 6) is 0.0592. The molecular weight excluding hydrogens is 354 g/mol. The van der Waals surface area contributed by atoms with Crippen molar-refractivity contribution < 1.29 is 14.3 Å². The maximum absolute atomic E-state index is 13.1. The summed E-state index contributed by atoms with van der Waals surface area (Å²) < 4.78 is 5.50. The zero-order valence-corrected chi connectivity index (χ0v) is 17.8. The first kappa shape index (κ1) is 20.5. The molecule has 154 valence electrons. The normalized spacial score (nSPS) is 20.5. The van der Waals surface area contributed by atoms with E-state index in [-0.39, 0.29) is 18.0 Å². The summed E-state index contributed by atoms with van der Waals surface area (Å²) in [6.07, 6.45) is 1.19. The van der Waals surface area contributed by atoms with Gasteiger partial charge in [-0.25, -0.2) is 4.79 Å². The fourth-order valence-corrected chi connectivity index (χ4v) is 4.02. The van der Waals surface area contributed by atoms with Crippen molar-refractivity contribution in [3.05, 3.63) is 29.3 Å². The van der Waals surface area contributed by atoms with E-state index < -0.39 is 5.60 Å². The Kier molecular flexibility index (Phi) is 5.87. The molecule has 0 bridgehead atoms. The highest BCUT2D eigenvalue weighted by atomic mass is 16.6. The SMILES string of the molecule is Cc1cccc(N2CCN(C(=O)[C@@H]3CCCN3C(=O)OC(C)(C)C)CC2)c1C. The van der Waals surface area contributed by atoms with E-state index in [1.165, 1.54) is 16.8 Å². The minimum Gasteiger partial charge on any atom is -0.444 e. The fraction of sp³-hybridized carbons (Fsp3) is 0.636. The average molecular weight is 388 g/mol. The summed E-state index contributed by atoms with van der Waals surface area (Å²) >= 11 is 0. The Labute approximate surface area is 168 Å². The van der Waals surface area contributed by atoms with Crippen molar-refractivity contribution >= 4 is 17.7 Å². The van der Waals surface area contributed by atoms with Gasteiger partial charge in [-0.05, 0) is 64.7 Å². The molecular formula is C22H33N3O3. The second-order valence-corrected chi connectivity index (χ2v) is 8.86. The van der Waals surface area contributed by atoms with Gasteiger partial charge in [0.25, 0.3) is 0 Å². The van der Waals surface area contributed by atoms with Gasteiger partial charge < -0.3 is 14.5 Å². The molecule has 0 N–H and O–H groups in total. The quantitative estimate of drug-likeness (QED) is 0.781. The Bertz CT molecular complexity index is 733. The fourth-order valence-electron chi connectivity index (χ4n) is 4.02. The molecule has 6 nitrogen and oxygen atoms in total. The maximum atomic E-state index is 13.1. The van der Waals surface area contributed by atoms with E-state index >= 15 is 0 Å². The number of aryl methyl sites for hydroxylation is 1. The molecule has 0 aromatic heterocycles. The summed E-state index contributed by atoms with van der Waals surface area (Å²) in [6, 6.07) is 5.99. The van der Waals surface area contributed by atoms with Crippen LogP contribution in [0, 0.1) is 13.8 Å². The Balaban J connectivity index is 1.61. The highest BCUT2D eigenvalue weighted by Gasteiger charge is 2.39. The van der Waals surface area contributed by atoms with E-state index in [0.717, 1.165) is 25.9 Å². The molecule has 2 saturated heterocycles. The third-order valence-corrected chi connectivity index (χ3v) is 5.67. The Morgan fingerprint density at radius 2 is 1.71 bits per heavy atom. The minimum atomic E-state index is -0.551. The van der Waals surface area contributed by atoms with E-state index in [9.17, 15) is 9.59 Å². The Morgan fingerprint density at radius 1 is 1.04 bits per heavy atom. The van der Waals surface area contributed by atoms with E-state index in [1.54, 1.807) is 4.90 Å². The Morgan fingerprint density at radius 3 is 2.36 bits per heavy atom. The molecule has 0 aliphatic carbocycles. The van der Waals surface area contributed by atoms with Crippen molar-refractivity contribution in [2.24, 2.45) is 0 Å². The van der Waals surface area contributed by atoms with Crippen LogP contribution in [0.1, 0.15) is 44.7 Å². The number of piperazine rings is 1. The van der Waals surface area contributed by atoms with E-state index in [1.807, 2.05) is 25.7 Å². The van der Waals surface area contributed by atoms with Gasteiger partial charge >= 0.3 is 6.09 Å². The average Bonchev–Trinajstić information content (AvgIpc) is 3.12. The number of hydrogen-bond acceptors (Lipinski definition) is 4. The van der Waals surface area contributed by atoms with Gasteiger partial charge in [0.05, 0.1) is 0 Å². The first-order chi connectivity index (χ1) is 13.2. The predicted molar refractivity (Wildman–Crippen MR) is 111 cm³/mol. The molecule has 1 aromatic rings. The number of likely N-dealkylation sites (tertiary alicyclic amines) is 1. The standard InChI is InChI=1S/C22H33N3O3/c1-16-8-6-9-18(17(16)2)23-12-14-24(15-13-23)20(26)19-10-7-11-25(19)21(27)28-22(3,4)5/h6,8-9,19H,7,10-15H2,1-5H3/t19-/m0/s1. The number of carbonyl (C=O) groups excluding carboxylic acids is 2. The van der Waals surface area contributed by atoms with Crippen LogP contribution in [-0.4, -0.2) is 66.2 Å². The van der Waals surface area contributed by atoms with Crippen LogP contribution in [0.5, 0.6) is 0 Å². The van der Waals surface area contributed by atoms with Gasteiger partial charge in [-0.2, -0.15) is 0 Å². The second-order valence-electron chi connectivity index (χ2n) is 8.86. The molecule has 2 heterocycles. The number of nitrogens with zero attached hydrogens (tertiary/aromatic N) is 3. The van der Waals surface area contributed by atoms with Crippen molar-refractivity contribution in [2.45, 2.75) is 59.1 Å². The summed E-state index contributed by atoms with van der Waals surface area (Å²) in [5.41, 5.74) is 3.29. The number of amides is 2. The number of ether oxygens (including phenoxy) is 1. The molecule has 1 atom stereocenters. The summed E-state index contributed by atoms with van der Waals surface area (Å²) in [7, 11) is 0. The zero-order valence-electron chi connectivity index (χ0n) is 17.8. The number of carbonyl (C=O) groups is 2. The van der Waals surface area contributed by atoms with Crippen LogP contribution >= 0.6 is 0 Å². The molecule has 2 fully saturated rings. The van der Waals surface area contributed by atoms with Crippen molar-refractivity contribution in [2.75, 3.05) is 37.6 Å². The summed E-state index contributed by atoms with van der Waals surface area (Å²) in [6.45, 7) is 13.4. The van der Waals surface area contributed by atoms with Crippen molar-refractivity contribution in [3.8, 4) is 0 Å². The Hall–Kier alpha value is -2.24. The third kappa shape index (κ3) is 4.42. The zero-order chi connectivity index (χ0) is 20.5. The monoisotopic (exact) mass is 387 g/mol. The van der Waals surface area contributed by atoms with Gasteiger partial charge in [-0.3, -0.25) is 9.69 Å². The van der Waals surface area contributed by atoms with E-state index in [4.69, 9.17) is 4.74 Å². The lowest BCUT2D eigenvalue weighted by molar-refractivity contribution is -0.136. The van der Waals surface area contributed by atoms with Crippen LogP contribution in [0.2, 0.25) is 0 Å². The number of anilines is 1. The second kappa shape index (κ2) is 8.02.